The van der Waals surface area contributed by atoms with Crippen molar-refractivity contribution < 1.29 is 19.4 Å². The first kappa shape index (κ1) is 23.0. The van der Waals surface area contributed by atoms with Gasteiger partial charge in [-0.05, 0) is 91.4 Å². The van der Waals surface area contributed by atoms with E-state index in [0.717, 1.165) is 36.8 Å². The van der Waals surface area contributed by atoms with Gasteiger partial charge in [0.2, 0.25) is 0 Å². The normalized spacial score (nSPS) is 38.0. The number of ketones is 1. The van der Waals surface area contributed by atoms with Crippen molar-refractivity contribution in [3.8, 4) is 11.1 Å². The Kier molecular flexibility index (Phi) is 5.65. The second kappa shape index (κ2) is 8.60. The number of hydrogen-bond donors (Lipinski definition) is 2. The summed E-state index contributed by atoms with van der Waals surface area (Å²) in [7, 11) is 0. The number of fused-ring (bicyclic) bond motifs is 5. The van der Waals surface area contributed by atoms with E-state index >= 15 is 0 Å². The fourth-order valence-corrected chi connectivity index (χ4v) is 8.27. The summed E-state index contributed by atoms with van der Waals surface area (Å²) in [5.41, 5.74) is 3.78. The lowest BCUT2D eigenvalue weighted by molar-refractivity contribution is -0.121. The molecule has 2 N–H and O–H groups in total. The van der Waals surface area contributed by atoms with Gasteiger partial charge < -0.3 is 14.6 Å². The maximum absolute atomic E-state index is 12.2. The third kappa shape index (κ3) is 3.60. The zero-order valence-corrected chi connectivity index (χ0v) is 20.5. The standard InChI is InChI=1S/C31H36O4/c1-30-18-27(21-5-3-20(4-6-21)23-12-16-35-19-23)29-25-10-8-24(33)17-22(25)7-9-26(29)28(30)11-14-31(30,34)13-2-15-32/h3-6,11-12,14,16-17,19,25-29,32,34H,2,7-10,13,15,18H2,1H3/t25-,26-,27+,28-,29+,30-,31-/m0/s1. The molecule has 35 heavy (non-hydrogen) atoms. The summed E-state index contributed by atoms with van der Waals surface area (Å²) in [4.78, 5) is 12.2. The second-order valence-corrected chi connectivity index (χ2v) is 11.6. The zero-order chi connectivity index (χ0) is 24.2. The highest BCUT2D eigenvalue weighted by Gasteiger charge is 2.62. The summed E-state index contributed by atoms with van der Waals surface area (Å²) in [6.45, 7) is 2.39. The lowest BCUT2D eigenvalue weighted by Crippen LogP contribution is -2.55. The fraction of sp³-hybridized carbons (Fsp3) is 0.516. The van der Waals surface area contributed by atoms with E-state index in [9.17, 15) is 15.0 Å². The summed E-state index contributed by atoms with van der Waals surface area (Å²) in [6, 6.07) is 10.9. The Bertz CT molecular complexity index is 1140. The Morgan fingerprint density at radius 3 is 2.63 bits per heavy atom. The van der Waals surface area contributed by atoms with Crippen molar-refractivity contribution in [3.05, 3.63) is 72.2 Å². The van der Waals surface area contributed by atoms with E-state index in [1.807, 2.05) is 12.1 Å². The van der Waals surface area contributed by atoms with Crippen molar-refractivity contribution in [1.82, 2.24) is 0 Å². The van der Waals surface area contributed by atoms with Crippen LogP contribution in [0.3, 0.4) is 0 Å². The quantitative estimate of drug-likeness (QED) is 0.519. The van der Waals surface area contributed by atoms with Crippen molar-refractivity contribution >= 4 is 5.78 Å². The minimum atomic E-state index is -0.890. The van der Waals surface area contributed by atoms with E-state index in [1.165, 1.54) is 11.1 Å². The molecule has 4 aliphatic rings. The fourth-order valence-electron chi connectivity index (χ4n) is 8.27. The number of rotatable bonds is 5. The third-order valence-electron chi connectivity index (χ3n) is 10.0. The smallest absolute Gasteiger partial charge is 0.155 e. The van der Waals surface area contributed by atoms with Crippen molar-refractivity contribution in [3.63, 3.8) is 0 Å². The number of carbonyl (C=O) groups excluding carboxylic acids is 1. The van der Waals surface area contributed by atoms with Gasteiger partial charge in [0.05, 0.1) is 18.1 Å². The first-order chi connectivity index (χ1) is 16.9. The molecule has 0 radical (unpaired) electrons. The molecule has 2 aromatic rings. The number of allylic oxidation sites excluding steroid dienone is 3. The topological polar surface area (TPSA) is 70.7 Å². The van der Waals surface area contributed by atoms with E-state index in [1.54, 1.807) is 12.5 Å². The van der Waals surface area contributed by atoms with Crippen molar-refractivity contribution in [2.24, 2.45) is 29.1 Å². The molecule has 7 atom stereocenters. The van der Waals surface area contributed by atoms with Crippen LogP contribution in [0.4, 0.5) is 0 Å². The van der Waals surface area contributed by atoms with Crippen LogP contribution >= 0.6 is 0 Å². The molecule has 0 bridgehead atoms. The SMILES string of the molecule is C[C@]12C[C@H](c3ccc(-c4ccoc4)cc3)[C@H]3[C@@H](CCC4=CC(=O)CC[C@@H]43)[C@@H]1C=C[C@@]2(O)CCCO. The monoisotopic (exact) mass is 472 g/mol. The predicted octanol–water partition coefficient (Wildman–Crippen LogP) is 6.06. The summed E-state index contributed by atoms with van der Waals surface area (Å²) < 4.78 is 5.28. The molecule has 4 aliphatic carbocycles. The lowest BCUT2D eigenvalue weighted by atomic mass is 9.46. The maximum Gasteiger partial charge on any atom is 0.155 e. The first-order valence-electron chi connectivity index (χ1n) is 13.3. The molecule has 0 unspecified atom stereocenters. The van der Waals surface area contributed by atoms with Crippen LogP contribution in [-0.2, 0) is 4.79 Å². The van der Waals surface area contributed by atoms with Gasteiger partial charge in [0.15, 0.2) is 5.78 Å². The van der Waals surface area contributed by atoms with Crippen LogP contribution in [0.1, 0.15) is 63.4 Å². The molecule has 1 aromatic heterocycles. The van der Waals surface area contributed by atoms with Gasteiger partial charge in [0.25, 0.3) is 0 Å². The lowest BCUT2D eigenvalue weighted by Gasteiger charge is -2.59. The highest BCUT2D eigenvalue weighted by Crippen LogP contribution is 2.66. The third-order valence-corrected chi connectivity index (χ3v) is 10.0. The Balaban J connectivity index is 1.41. The molecule has 184 valence electrons. The van der Waals surface area contributed by atoms with Crippen molar-refractivity contribution in [1.29, 1.82) is 0 Å². The average molecular weight is 473 g/mol. The summed E-state index contributed by atoms with van der Waals surface area (Å²) in [5, 5.41) is 21.4. The summed E-state index contributed by atoms with van der Waals surface area (Å²) in [6.07, 6.45) is 15.6. The molecule has 1 heterocycles. The number of benzene rings is 1. The molecule has 0 spiro atoms. The van der Waals surface area contributed by atoms with Gasteiger partial charge >= 0.3 is 0 Å². The molecule has 1 aromatic carbocycles. The van der Waals surface area contributed by atoms with E-state index in [2.05, 4.69) is 43.3 Å². The molecule has 4 nitrogen and oxygen atoms in total. The highest BCUT2D eigenvalue weighted by molar-refractivity contribution is 5.91. The minimum absolute atomic E-state index is 0.103. The van der Waals surface area contributed by atoms with Gasteiger partial charge in [-0.1, -0.05) is 48.9 Å². The predicted molar refractivity (Wildman–Crippen MR) is 136 cm³/mol. The van der Waals surface area contributed by atoms with E-state index < -0.39 is 5.60 Å². The Hall–Kier alpha value is -2.43. The van der Waals surface area contributed by atoms with Gasteiger partial charge in [0, 0.05) is 24.0 Å². The van der Waals surface area contributed by atoms with Gasteiger partial charge in [-0.2, -0.15) is 0 Å². The Labute approximate surface area is 207 Å². The van der Waals surface area contributed by atoms with E-state index in [0.29, 0.717) is 48.9 Å². The molecule has 2 saturated carbocycles. The molecule has 2 fully saturated rings. The van der Waals surface area contributed by atoms with Crippen LogP contribution in [0.5, 0.6) is 0 Å². The molecule has 0 saturated heterocycles. The number of hydrogen-bond acceptors (Lipinski definition) is 4. The average Bonchev–Trinajstić information content (AvgIpc) is 3.49. The van der Waals surface area contributed by atoms with Gasteiger partial charge in [-0.15, -0.1) is 0 Å². The van der Waals surface area contributed by atoms with Crippen LogP contribution in [-0.4, -0.2) is 28.2 Å². The molecule has 0 aliphatic heterocycles. The summed E-state index contributed by atoms with van der Waals surface area (Å²) >= 11 is 0. The van der Waals surface area contributed by atoms with Gasteiger partial charge in [-0.25, -0.2) is 0 Å². The van der Waals surface area contributed by atoms with Crippen LogP contribution in [0.25, 0.3) is 11.1 Å². The molecule has 4 heteroatoms. The molecule has 6 rings (SSSR count). The number of carbonyl (C=O) groups is 1. The van der Waals surface area contributed by atoms with Gasteiger partial charge in [0.1, 0.15) is 0 Å². The van der Waals surface area contributed by atoms with E-state index in [-0.39, 0.29) is 17.8 Å². The highest BCUT2D eigenvalue weighted by atomic mass is 16.3. The van der Waals surface area contributed by atoms with Crippen LogP contribution < -0.4 is 0 Å². The van der Waals surface area contributed by atoms with Crippen molar-refractivity contribution in [2.45, 2.75) is 63.4 Å². The first-order valence-corrected chi connectivity index (χ1v) is 13.3. The number of aliphatic hydroxyl groups is 2. The molecule has 0 amide bonds. The molecular weight excluding hydrogens is 436 g/mol. The number of aliphatic hydroxyl groups excluding tert-OH is 1. The Morgan fingerprint density at radius 2 is 1.89 bits per heavy atom. The van der Waals surface area contributed by atoms with Gasteiger partial charge in [-0.3, -0.25) is 4.79 Å². The van der Waals surface area contributed by atoms with Crippen LogP contribution in [0, 0.1) is 29.1 Å². The van der Waals surface area contributed by atoms with E-state index in [4.69, 9.17) is 4.42 Å². The van der Waals surface area contributed by atoms with Crippen molar-refractivity contribution in [2.75, 3.05) is 6.61 Å². The Morgan fingerprint density at radius 1 is 1.06 bits per heavy atom. The summed E-state index contributed by atoms with van der Waals surface area (Å²) in [5.74, 6) is 2.36. The minimum Gasteiger partial charge on any atom is -0.472 e. The molecular formula is C31H36O4. The second-order valence-electron chi connectivity index (χ2n) is 11.6. The van der Waals surface area contributed by atoms with Crippen LogP contribution in [0.15, 0.2) is 71.1 Å². The van der Waals surface area contributed by atoms with Crippen LogP contribution in [0.2, 0.25) is 0 Å². The zero-order valence-electron chi connectivity index (χ0n) is 20.5. The largest absolute Gasteiger partial charge is 0.472 e. The number of furan rings is 1. The maximum atomic E-state index is 12.2.